The fraction of sp³-hybridized carbons (Fsp3) is 0.913. The van der Waals surface area contributed by atoms with E-state index >= 15 is 0 Å². The molecule has 1 rings (SSSR count). The molecule has 1 radical (unpaired) electrons. The molecule has 0 spiro atoms. The van der Waals surface area contributed by atoms with E-state index in [0.29, 0.717) is 18.9 Å². The zero-order valence-corrected chi connectivity index (χ0v) is 18.1. The van der Waals surface area contributed by atoms with Crippen molar-refractivity contribution in [3.63, 3.8) is 0 Å². The normalized spacial score (nSPS) is 17.0. The van der Waals surface area contributed by atoms with Crippen LogP contribution in [0.25, 0.3) is 0 Å². The molecule has 1 atom stereocenters. The Balaban J connectivity index is 1.98. The van der Waals surface area contributed by atoms with Crippen LogP contribution in [0.5, 0.6) is 0 Å². The van der Waals surface area contributed by atoms with E-state index in [-0.39, 0.29) is 6.10 Å². The van der Waals surface area contributed by atoms with Crippen LogP contribution in [-0.4, -0.2) is 43.9 Å². The fourth-order valence-electron chi connectivity index (χ4n) is 3.71. The van der Waals surface area contributed by atoms with Crippen molar-refractivity contribution in [1.29, 1.82) is 0 Å². The van der Waals surface area contributed by atoms with Gasteiger partial charge in [-0.3, -0.25) is 0 Å². The molecule has 159 valence electrons. The Hall–Kier alpha value is -0.770. The summed E-state index contributed by atoms with van der Waals surface area (Å²) in [5, 5.41) is 0. The van der Waals surface area contributed by atoms with Crippen LogP contribution in [0.1, 0.15) is 96.8 Å². The standard InChI is InChI=1S/C23H44NO3/c1-4-6-7-8-9-10-11-12-13-14-15-22(5-2)27-23(25)26-20-21-16-18-24(3)19-17-21/h21-22H,2,4-20H2,1,3H3. The van der Waals surface area contributed by atoms with Crippen LogP contribution < -0.4 is 0 Å². The zero-order valence-electron chi connectivity index (χ0n) is 18.1. The van der Waals surface area contributed by atoms with Gasteiger partial charge in [-0.05, 0) is 65.1 Å². The molecule has 4 heteroatoms. The van der Waals surface area contributed by atoms with Gasteiger partial charge in [-0.25, -0.2) is 4.79 Å². The minimum absolute atomic E-state index is 0.0935. The number of carbonyl (C=O) groups is 1. The van der Waals surface area contributed by atoms with Gasteiger partial charge < -0.3 is 14.4 Å². The van der Waals surface area contributed by atoms with E-state index in [1.165, 1.54) is 57.8 Å². The van der Waals surface area contributed by atoms with Gasteiger partial charge in [-0.1, -0.05) is 64.7 Å². The quantitative estimate of drug-likeness (QED) is 0.243. The molecular formula is C23H44NO3. The number of likely N-dealkylation sites (tertiary alicyclic amines) is 1. The second-order valence-corrected chi connectivity index (χ2v) is 8.31. The zero-order chi connectivity index (χ0) is 19.7. The van der Waals surface area contributed by atoms with Gasteiger partial charge in [-0.2, -0.15) is 0 Å². The van der Waals surface area contributed by atoms with Gasteiger partial charge in [0.2, 0.25) is 0 Å². The summed E-state index contributed by atoms with van der Waals surface area (Å²) < 4.78 is 10.8. The third-order valence-electron chi connectivity index (χ3n) is 5.74. The average molecular weight is 383 g/mol. The number of hydrogen-bond donors (Lipinski definition) is 0. The Morgan fingerprint density at radius 1 is 1.00 bits per heavy atom. The number of piperidine rings is 1. The largest absolute Gasteiger partial charge is 0.508 e. The lowest BCUT2D eigenvalue weighted by molar-refractivity contribution is 0.00762. The van der Waals surface area contributed by atoms with E-state index in [2.05, 4.69) is 25.8 Å². The van der Waals surface area contributed by atoms with E-state index in [1.807, 2.05) is 0 Å². The Morgan fingerprint density at radius 2 is 1.56 bits per heavy atom. The number of unbranched alkanes of at least 4 members (excludes halogenated alkanes) is 9. The molecule has 0 N–H and O–H groups in total. The average Bonchev–Trinajstić information content (AvgIpc) is 2.68. The molecule has 0 aliphatic carbocycles. The first-order valence-corrected chi connectivity index (χ1v) is 11.5. The maximum atomic E-state index is 11.9. The van der Waals surface area contributed by atoms with Crippen molar-refractivity contribution in [2.75, 3.05) is 26.7 Å². The summed E-state index contributed by atoms with van der Waals surface area (Å²) in [6.07, 6.45) is 16.3. The van der Waals surface area contributed by atoms with Crippen molar-refractivity contribution in [1.82, 2.24) is 4.90 Å². The fourth-order valence-corrected chi connectivity index (χ4v) is 3.71. The third kappa shape index (κ3) is 13.1. The molecule has 0 bridgehead atoms. The van der Waals surface area contributed by atoms with Crippen molar-refractivity contribution < 1.29 is 14.3 Å². The summed E-state index contributed by atoms with van der Waals surface area (Å²) in [6, 6.07) is 0. The number of ether oxygens (including phenoxy) is 2. The maximum absolute atomic E-state index is 11.9. The lowest BCUT2D eigenvalue weighted by Crippen LogP contribution is -2.32. The highest BCUT2D eigenvalue weighted by Crippen LogP contribution is 2.18. The van der Waals surface area contributed by atoms with Crippen LogP contribution in [0.3, 0.4) is 0 Å². The molecule has 1 aliphatic rings. The number of hydrogen-bond acceptors (Lipinski definition) is 4. The Morgan fingerprint density at radius 3 is 2.11 bits per heavy atom. The topological polar surface area (TPSA) is 38.8 Å². The highest BCUT2D eigenvalue weighted by atomic mass is 16.7. The highest BCUT2D eigenvalue weighted by Gasteiger charge is 2.20. The van der Waals surface area contributed by atoms with Crippen LogP contribution >= 0.6 is 0 Å². The van der Waals surface area contributed by atoms with Gasteiger partial charge in [0.15, 0.2) is 0 Å². The number of nitrogens with zero attached hydrogens (tertiary/aromatic N) is 1. The van der Waals surface area contributed by atoms with E-state index in [0.717, 1.165) is 38.8 Å². The van der Waals surface area contributed by atoms with E-state index in [4.69, 9.17) is 9.47 Å². The summed E-state index contributed by atoms with van der Waals surface area (Å²) >= 11 is 0. The van der Waals surface area contributed by atoms with Gasteiger partial charge in [-0.15, -0.1) is 0 Å². The lowest BCUT2D eigenvalue weighted by Gasteiger charge is -2.28. The number of rotatable bonds is 15. The number of carbonyl (C=O) groups excluding carboxylic acids is 1. The Labute approximate surface area is 168 Å². The Kier molecular flexibility index (Phi) is 14.6. The van der Waals surface area contributed by atoms with Crippen LogP contribution in [0.15, 0.2) is 0 Å². The van der Waals surface area contributed by atoms with Gasteiger partial charge >= 0.3 is 6.16 Å². The maximum Gasteiger partial charge on any atom is 0.508 e. The lowest BCUT2D eigenvalue weighted by atomic mass is 9.98. The van der Waals surface area contributed by atoms with Gasteiger partial charge in [0.1, 0.15) is 6.10 Å². The molecule has 0 aromatic rings. The first-order chi connectivity index (χ1) is 13.2. The van der Waals surface area contributed by atoms with Crippen LogP contribution in [0.2, 0.25) is 0 Å². The summed E-state index contributed by atoms with van der Waals surface area (Å²) in [5.74, 6) is 0.480. The highest BCUT2D eigenvalue weighted by molar-refractivity contribution is 5.60. The monoisotopic (exact) mass is 382 g/mol. The summed E-state index contributed by atoms with van der Waals surface area (Å²) in [5.41, 5.74) is 0. The van der Waals surface area contributed by atoms with Crippen molar-refractivity contribution in [2.24, 2.45) is 5.92 Å². The van der Waals surface area contributed by atoms with Gasteiger partial charge in [0.05, 0.1) is 6.61 Å². The van der Waals surface area contributed by atoms with Crippen LogP contribution in [-0.2, 0) is 9.47 Å². The minimum Gasteiger partial charge on any atom is -0.434 e. The second kappa shape index (κ2) is 16.2. The van der Waals surface area contributed by atoms with Crippen LogP contribution in [0.4, 0.5) is 4.79 Å². The third-order valence-corrected chi connectivity index (χ3v) is 5.74. The SMILES string of the molecule is [CH2]CC(CCCCCCCCCCCC)OC(=O)OCC1CCN(C)CC1. The molecular weight excluding hydrogens is 338 g/mol. The summed E-state index contributed by atoms with van der Waals surface area (Å²) in [6.45, 7) is 8.85. The van der Waals surface area contributed by atoms with Crippen molar-refractivity contribution >= 4 is 6.16 Å². The Bertz CT molecular complexity index is 354. The first-order valence-electron chi connectivity index (χ1n) is 11.5. The molecule has 27 heavy (non-hydrogen) atoms. The predicted octanol–water partition coefficient (Wildman–Crippen LogP) is 6.39. The van der Waals surface area contributed by atoms with E-state index < -0.39 is 6.16 Å². The van der Waals surface area contributed by atoms with Crippen molar-refractivity contribution in [2.45, 2.75) is 103 Å². The molecule has 0 aromatic carbocycles. The van der Waals surface area contributed by atoms with E-state index in [9.17, 15) is 4.79 Å². The second-order valence-electron chi connectivity index (χ2n) is 8.31. The smallest absolute Gasteiger partial charge is 0.434 e. The van der Waals surface area contributed by atoms with Gasteiger partial charge in [0, 0.05) is 0 Å². The molecule has 1 aliphatic heterocycles. The molecule has 1 heterocycles. The minimum atomic E-state index is -0.505. The van der Waals surface area contributed by atoms with Crippen LogP contribution in [0, 0.1) is 12.8 Å². The molecule has 1 saturated heterocycles. The summed E-state index contributed by atoms with van der Waals surface area (Å²) in [4.78, 5) is 14.2. The molecule has 0 aromatic heterocycles. The molecule has 1 unspecified atom stereocenters. The molecule has 4 nitrogen and oxygen atoms in total. The van der Waals surface area contributed by atoms with Crippen molar-refractivity contribution in [3.8, 4) is 0 Å². The predicted molar refractivity (Wildman–Crippen MR) is 113 cm³/mol. The first kappa shape index (κ1) is 24.3. The van der Waals surface area contributed by atoms with Crippen molar-refractivity contribution in [3.05, 3.63) is 6.92 Å². The summed E-state index contributed by atoms with van der Waals surface area (Å²) in [7, 11) is 2.14. The van der Waals surface area contributed by atoms with Gasteiger partial charge in [0.25, 0.3) is 0 Å². The molecule has 1 fully saturated rings. The van der Waals surface area contributed by atoms with E-state index in [1.54, 1.807) is 0 Å². The molecule has 0 saturated carbocycles. The molecule has 0 amide bonds.